The van der Waals surface area contributed by atoms with Crippen LogP contribution in [0.1, 0.15) is 36.4 Å². The first-order chi connectivity index (χ1) is 20.6. The number of anilines is 1. The van der Waals surface area contributed by atoms with Gasteiger partial charge in [0.25, 0.3) is 10.0 Å². The van der Waals surface area contributed by atoms with Crippen molar-refractivity contribution in [2.45, 2.75) is 48.8 Å². The van der Waals surface area contributed by atoms with E-state index in [-0.39, 0.29) is 29.1 Å². The van der Waals surface area contributed by atoms with E-state index in [1.807, 2.05) is 13.1 Å². The van der Waals surface area contributed by atoms with E-state index in [4.69, 9.17) is 25.8 Å². The van der Waals surface area contributed by atoms with Crippen LogP contribution in [-0.4, -0.2) is 59.7 Å². The summed E-state index contributed by atoms with van der Waals surface area (Å²) in [6, 6.07) is 10.2. The van der Waals surface area contributed by atoms with Crippen LogP contribution < -0.4 is 18.5 Å². The molecule has 2 aromatic heterocycles. The number of benzene rings is 2. The van der Waals surface area contributed by atoms with Crippen molar-refractivity contribution in [1.82, 2.24) is 19.7 Å². The van der Waals surface area contributed by atoms with Crippen molar-refractivity contribution in [2.75, 3.05) is 18.5 Å². The van der Waals surface area contributed by atoms with E-state index in [1.165, 1.54) is 32.8 Å². The zero-order chi connectivity index (χ0) is 30.7. The molecular formula is C29H31ClFN5O6S. The Bertz CT molecular complexity index is 1690. The standard InChI is InChI=1S/C29H31ClFN5O6S/c1-35-24(8-11-34-35)21-7-5-19(37)12-26(21)42-27-15-23(31)28(14-22(27)30)43(38,39)36(29-9-10-32-17-33-29)16-18-4-6-20(40-2)13-25(18)41-3/h4,6,8-11,13-15,17,19,21,26,37H,5,7,12,16H2,1-3H3/t19-,21+,26-/m0/s1. The van der Waals surface area contributed by atoms with E-state index in [1.54, 1.807) is 29.1 Å². The molecule has 1 aliphatic carbocycles. The molecule has 4 aromatic rings. The highest BCUT2D eigenvalue weighted by Gasteiger charge is 2.36. The number of ether oxygens (including phenoxy) is 3. The predicted octanol–water partition coefficient (Wildman–Crippen LogP) is 4.49. The Morgan fingerprint density at radius 1 is 1.09 bits per heavy atom. The van der Waals surface area contributed by atoms with E-state index in [0.29, 0.717) is 36.3 Å². The first kappa shape index (κ1) is 30.5. The molecule has 0 unspecified atom stereocenters. The molecular weight excluding hydrogens is 601 g/mol. The van der Waals surface area contributed by atoms with Gasteiger partial charge in [-0.05, 0) is 37.1 Å². The molecule has 1 saturated carbocycles. The number of hydrogen-bond donors (Lipinski definition) is 1. The number of halogens is 2. The third kappa shape index (κ3) is 6.38. The highest BCUT2D eigenvalue weighted by molar-refractivity contribution is 7.92. The van der Waals surface area contributed by atoms with Gasteiger partial charge in [-0.25, -0.2) is 27.1 Å². The summed E-state index contributed by atoms with van der Waals surface area (Å²) in [5, 5.41) is 14.5. The lowest BCUT2D eigenvalue weighted by Crippen LogP contribution is -2.36. The highest BCUT2D eigenvalue weighted by atomic mass is 35.5. The number of hydrogen-bond acceptors (Lipinski definition) is 9. The molecule has 0 radical (unpaired) electrons. The van der Waals surface area contributed by atoms with Crippen LogP contribution in [0.3, 0.4) is 0 Å². The van der Waals surface area contributed by atoms with Crippen molar-refractivity contribution < 1.29 is 32.1 Å². The van der Waals surface area contributed by atoms with E-state index < -0.39 is 32.9 Å². The van der Waals surface area contributed by atoms with Crippen LogP contribution in [0.15, 0.2) is 66.1 Å². The van der Waals surface area contributed by atoms with Gasteiger partial charge in [-0.3, -0.25) is 4.68 Å². The predicted molar refractivity (Wildman–Crippen MR) is 157 cm³/mol. The lowest BCUT2D eigenvalue weighted by molar-refractivity contribution is 0.0370. The van der Waals surface area contributed by atoms with Crippen molar-refractivity contribution >= 4 is 27.4 Å². The summed E-state index contributed by atoms with van der Waals surface area (Å²) in [6.45, 7) is -0.242. The number of aliphatic hydroxyl groups is 1. The first-order valence-electron chi connectivity index (χ1n) is 13.4. The van der Waals surface area contributed by atoms with Gasteiger partial charge in [0.05, 0.1) is 31.9 Å². The molecule has 0 bridgehead atoms. The second-order valence-corrected chi connectivity index (χ2v) is 12.3. The summed E-state index contributed by atoms with van der Waals surface area (Å²) in [5.74, 6) is -0.330. The minimum Gasteiger partial charge on any atom is -0.497 e. The summed E-state index contributed by atoms with van der Waals surface area (Å²) in [4.78, 5) is 7.32. The molecule has 1 N–H and O–H groups in total. The SMILES string of the molecule is COc1ccc(CN(c2ccncn2)S(=O)(=O)c2cc(Cl)c(O[C@H]3C[C@@H](O)CC[C@@H]3c3ccnn3C)cc2F)c(OC)c1. The molecule has 0 amide bonds. The van der Waals surface area contributed by atoms with Crippen LogP contribution in [0.2, 0.25) is 5.02 Å². The van der Waals surface area contributed by atoms with Gasteiger partial charge in [-0.1, -0.05) is 11.6 Å². The number of aliphatic hydroxyl groups excluding tert-OH is 1. The molecule has 228 valence electrons. The molecule has 2 heterocycles. The summed E-state index contributed by atoms with van der Waals surface area (Å²) in [6.07, 6.45) is 4.60. The third-order valence-electron chi connectivity index (χ3n) is 7.47. The molecule has 0 spiro atoms. The largest absolute Gasteiger partial charge is 0.497 e. The molecule has 5 rings (SSSR count). The maximum atomic E-state index is 15.8. The maximum absolute atomic E-state index is 15.8. The van der Waals surface area contributed by atoms with Gasteiger partial charge >= 0.3 is 0 Å². The molecule has 0 saturated heterocycles. The van der Waals surface area contributed by atoms with Gasteiger partial charge in [0.1, 0.15) is 46.2 Å². The number of rotatable bonds is 10. The second-order valence-electron chi connectivity index (χ2n) is 10.1. The van der Waals surface area contributed by atoms with Crippen molar-refractivity contribution in [3.05, 3.63) is 83.3 Å². The normalized spacial score (nSPS) is 18.7. The summed E-state index contributed by atoms with van der Waals surface area (Å²) in [5.41, 5.74) is 1.39. The van der Waals surface area contributed by atoms with Crippen LogP contribution >= 0.6 is 11.6 Å². The Labute approximate surface area is 253 Å². The minimum atomic E-state index is -4.57. The van der Waals surface area contributed by atoms with E-state index >= 15 is 4.39 Å². The van der Waals surface area contributed by atoms with Gasteiger partial charge in [-0.2, -0.15) is 5.10 Å². The molecule has 1 fully saturated rings. The molecule has 11 nitrogen and oxygen atoms in total. The van der Waals surface area contributed by atoms with Crippen LogP contribution in [0, 0.1) is 5.82 Å². The summed E-state index contributed by atoms with van der Waals surface area (Å²) >= 11 is 6.54. The van der Waals surface area contributed by atoms with Crippen LogP contribution in [0.4, 0.5) is 10.2 Å². The van der Waals surface area contributed by atoms with Gasteiger partial charge < -0.3 is 19.3 Å². The average Bonchev–Trinajstić information content (AvgIpc) is 3.43. The first-order valence-corrected chi connectivity index (χ1v) is 15.3. The summed E-state index contributed by atoms with van der Waals surface area (Å²) in [7, 11) is 0.197. The monoisotopic (exact) mass is 631 g/mol. The number of aryl methyl sites for hydroxylation is 1. The summed E-state index contributed by atoms with van der Waals surface area (Å²) < 4.78 is 63.4. The zero-order valence-corrected chi connectivity index (χ0v) is 25.3. The fourth-order valence-corrected chi connectivity index (χ4v) is 7.01. The fourth-order valence-electron chi connectivity index (χ4n) is 5.26. The van der Waals surface area contributed by atoms with Crippen LogP contribution in [0.25, 0.3) is 0 Å². The van der Waals surface area contributed by atoms with Crippen molar-refractivity contribution in [1.29, 1.82) is 0 Å². The topological polar surface area (TPSA) is 129 Å². The molecule has 0 aliphatic heterocycles. The number of nitrogens with zero attached hydrogens (tertiary/aromatic N) is 5. The van der Waals surface area contributed by atoms with Crippen LogP contribution in [0.5, 0.6) is 17.2 Å². The third-order valence-corrected chi connectivity index (χ3v) is 9.53. The van der Waals surface area contributed by atoms with Crippen molar-refractivity contribution in [2.24, 2.45) is 7.05 Å². The molecule has 1 aliphatic rings. The van der Waals surface area contributed by atoms with E-state index in [9.17, 15) is 13.5 Å². The number of methoxy groups -OCH3 is 2. The number of aromatic nitrogens is 4. The fraction of sp³-hybridized carbons (Fsp3) is 0.345. The Morgan fingerprint density at radius 2 is 1.91 bits per heavy atom. The smallest absolute Gasteiger partial charge is 0.268 e. The van der Waals surface area contributed by atoms with Gasteiger partial charge in [-0.15, -0.1) is 0 Å². The Hall–Kier alpha value is -3.94. The molecule has 43 heavy (non-hydrogen) atoms. The molecule has 14 heteroatoms. The Balaban J connectivity index is 1.50. The molecule has 2 aromatic carbocycles. The zero-order valence-electron chi connectivity index (χ0n) is 23.7. The van der Waals surface area contributed by atoms with Gasteiger partial charge in [0.2, 0.25) is 0 Å². The Morgan fingerprint density at radius 3 is 2.58 bits per heavy atom. The lowest BCUT2D eigenvalue weighted by atomic mass is 9.82. The van der Waals surface area contributed by atoms with E-state index in [2.05, 4.69) is 15.1 Å². The quantitative estimate of drug-likeness (QED) is 0.269. The molecule has 3 atom stereocenters. The lowest BCUT2D eigenvalue weighted by Gasteiger charge is -2.34. The van der Waals surface area contributed by atoms with Crippen LogP contribution in [-0.2, 0) is 23.6 Å². The van der Waals surface area contributed by atoms with Gasteiger partial charge in [0.15, 0.2) is 0 Å². The number of sulfonamides is 1. The highest BCUT2D eigenvalue weighted by Crippen LogP contribution is 2.39. The maximum Gasteiger partial charge on any atom is 0.268 e. The van der Waals surface area contributed by atoms with E-state index in [0.717, 1.165) is 22.1 Å². The van der Waals surface area contributed by atoms with Gasteiger partial charge in [0, 0.05) is 61.2 Å². The second kappa shape index (κ2) is 12.7. The average molecular weight is 632 g/mol. The minimum absolute atomic E-state index is 0.0129. The Kier molecular flexibility index (Phi) is 9.04. The van der Waals surface area contributed by atoms with Crippen molar-refractivity contribution in [3.8, 4) is 17.2 Å². The van der Waals surface area contributed by atoms with Crippen molar-refractivity contribution in [3.63, 3.8) is 0 Å².